The number of halogens is 1. The highest BCUT2D eigenvalue weighted by Crippen LogP contribution is 2.41. The highest BCUT2D eigenvalue weighted by atomic mass is 35.5. The molecule has 1 unspecified atom stereocenters. The number of allylic oxidation sites excluding steroid dienone is 2. The first-order chi connectivity index (χ1) is 12.4. The molecular formula is C20H22ClNO4. The Balaban J connectivity index is 2.63. The molecule has 0 radical (unpaired) electrons. The van der Waals surface area contributed by atoms with Crippen LogP contribution >= 0.6 is 11.6 Å². The van der Waals surface area contributed by atoms with Crippen LogP contribution < -0.4 is 5.32 Å². The molecule has 1 atom stereocenters. The second-order valence-corrected chi connectivity index (χ2v) is 6.17. The van der Waals surface area contributed by atoms with Gasteiger partial charge in [0.2, 0.25) is 0 Å². The lowest BCUT2D eigenvalue weighted by Gasteiger charge is -2.30. The van der Waals surface area contributed by atoms with Gasteiger partial charge in [0.05, 0.1) is 23.7 Å². The summed E-state index contributed by atoms with van der Waals surface area (Å²) in [5.74, 6) is -1.71. The summed E-state index contributed by atoms with van der Waals surface area (Å²) in [6, 6.07) is 7.11. The molecule has 26 heavy (non-hydrogen) atoms. The van der Waals surface area contributed by atoms with Gasteiger partial charge in [-0.25, -0.2) is 9.59 Å². The molecule has 1 N–H and O–H groups in total. The van der Waals surface area contributed by atoms with Gasteiger partial charge < -0.3 is 14.8 Å². The zero-order valence-electron chi connectivity index (χ0n) is 15.1. The number of benzene rings is 1. The highest BCUT2D eigenvalue weighted by molar-refractivity contribution is 6.31. The third-order valence-corrected chi connectivity index (χ3v) is 4.37. The van der Waals surface area contributed by atoms with Gasteiger partial charge in [0.1, 0.15) is 6.61 Å². The van der Waals surface area contributed by atoms with Crippen LogP contribution in [0.4, 0.5) is 0 Å². The number of ether oxygens (including phenoxy) is 2. The van der Waals surface area contributed by atoms with Crippen molar-refractivity contribution in [1.29, 1.82) is 0 Å². The number of nitrogens with one attached hydrogen (secondary N) is 1. The average Bonchev–Trinajstić information content (AvgIpc) is 2.59. The highest BCUT2D eigenvalue weighted by Gasteiger charge is 2.38. The fraction of sp³-hybridized carbons (Fsp3) is 0.300. The van der Waals surface area contributed by atoms with Crippen molar-refractivity contribution >= 4 is 23.5 Å². The number of hydrogen-bond donors (Lipinski definition) is 1. The Hall–Kier alpha value is -2.53. The van der Waals surface area contributed by atoms with E-state index in [1.165, 1.54) is 6.08 Å². The molecule has 0 aliphatic carbocycles. The minimum absolute atomic E-state index is 0.0717. The fourth-order valence-corrected chi connectivity index (χ4v) is 3.22. The predicted molar refractivity (Wildman–Crippen MR) is 101 cm³/mol. The summed E-state index contributed by atoms with van der Waals surface area (Å²) in [6.45, 7) is 9.12. The number of hydrogen-bond acceptors (Lipinski definition) is 5. The fourth-order valence-electron chi connectivity index (χ4n) is 2.98. The van der Waals surface area contributed by atoms with Gasteiger partial charge in [-0.05, 0) is 32.4 Å². The van der Waals surface area contributed by atoms with Crippen molar-refractivity contribution < 1.29 is 19.1 Å². The summed E-state index contributed by atoms with van der Waals surface area (Å²) in [7, 11) is 0. The van der Waals surface area contributed by atoms with E-state index in [2.05, 4.69) is 11.9 Å². The zero-order chi connectivity index (χ0) is 19.3. The molecular weight excluding hydrogens is 354 g/mol. The maximum absolute atomic E-state index is 12.7. The minimum Gasteiger partial charge on any atom is -0.463 e. The Kier molecular flexibility index (Phi) is 6.64. The molecule has 0 amide bonds. The van der Waals surface area contributed by atoms with Gasteiger partial charge in [-0.3, -0.25) is 0 Å². The van der Waals surface area contributed by atoms with Crippen LogP contribution in [0.1, 0.15) is 32.3 Å². The van der Waals surface area contributed by atoms with Crippen LogP contribution in [-0.2, 0) is 19.1 Å². The Morgan fingerprint density at radius 2 is 1.73 bits per heavy atom. The average molecular weight is 376 g/mol. The molecule has 0 saturated heterocycles. The number of carbonyl (C=O) groups is 2. The van der Waals surface area contributed by atoms with Gasteiger partial charge in [0.15, 0.2) is 0 Å². The molecule has 138 valence electrons. The van der Waals surface area contributed by atoms with Crippen LogP contribution in [0, 0.1) is 0 Å². The van der Waals surface area contributed by atoms with Gasteiger partial charge in [0.25, 0.3) is 0 Å². The molecule has 0 spiro atoms. The molecule has 6 heteroatoms. The van der Waals surface area contributed by atoms with Crippen LogP contribution in [0.15, 0.2) is 59.5 Å². The van der Waals surface area contributed by atoms with E-state index in [9.17, 15) is 9.59 Å². The second kappa shape index (κ2) is 8.72. The molecule has 2 rings (SSSR count). The van der Waals surface area contributed by atoms with E-state index in [1.54, 1.807) is 39.0 Å². The van der Waals surface area contributed by atoms with E-state index in [4.69, 9.17) is 21.1 Å². The van der Waals surface area contributed by atoms with E-state index in [1.807, 2.05) is 6.07 Å². The third-order valence-electron chi connectivity index (χ3n) is 4.02. The van der Waals surface area contributed by atoms with Gasteiger partial charge in [-0.1, -0.05) is 42.5 Å². The third kappa shape index (κ3) is 3.99. The van der Waals surface area contributed by atoms with Gasteiger partial charge in [-0.15, -0.1) is 0 Å². The van der Waals surface area contributed by atoms with Gasteiger partial charge in [-0.2, -0.15) is 0 Å². The summed E-state index contributed by atoms with van der Waals surface area (Å²) in [6.07, 6.45) is 1.49. The molecule has 0 saturated carbocycles. The van der Waals surface area contributed by atoms with Crippen LogP contribution in [0.3, 0.4) is 0 Å². The van der Waals surface area contributed by atoms with E-state index in [0.717, 1.165) is 0 Å². The van der Waals surface area contributed by atoms with Crippen molar-refractivity contribution in [2.45, 2.75) is 26.7 Å². The van der Waals surface area contributed by atoms with Crippen LogP contribution in [-0.4, -0.2) is 25.2 Å². The number of carbonyl (C=O) groups excluding carboxylic acids is 2. The topological polar surface area (TPSA) is 64.6 Å². The molecule has 1 aliphatic heterocycles. The first-order valence-electron chi connectivity index (χ1n) is 8.30. The molecule has 0 aromatic heterocycles. The summed E-state index contributed by atoms with van der Waals surface area (Å²) in [4.78, 5) is 25.3. The molecule has 0 fully saturated rings. The monoisotopic (exact) mass is 375 g/mol. The van der Waals surface area contributed by atoms with E-state index >= 15 is 0 Å². The number of esters is 2. The van der Waals surface area contributed by atoms with Crippen molar-refractivity contribution in [3.63, 3.8) is 0 Å². The largest absolute Gasteiger partial charge is 0.463 e. The maximum atomic E-state index is 12.7. The molecule has 1 heterocycles. The molecule has 1 aromatic carbocycles. The first kappa shape index (κ1) is 19.8. The maximum Gasteiger partial charge on any atom is 0.337 e. The Labute approximate surface area is 158 Å². The SMILES string of the molecule is C=CCOC(=O)C1=C(C)NC(C)=C(C(=O)OCC)C1c1ccccc1Cl. The summed E-state index contributed by atoms with van der Waals surface area (Å²) >= 11 is 6.39. The van der Waals surface area contributed by atoms with Gasteiger partial charge in [0, 0.05) is 16.4 Å². The quantitative estimate of drug-likeness (QED) is 0.604. The predicted octanol–water partition coefficient (Wildman–Crippen LogP) is 3.87. The van der Waals surface area contributed by atoms with Gasteiger partial charge >= 0.3 is 11.9 Å². The molecule has 1 aromatic rings. The van der Waals surface area contributed by atoms with Crippen molar-refractivity contribution in [2.24, 2.45) is 0 Å². The van der Waals surface area contributed by atoms with Crippen molar-refractivity contribution in [2.75, 3.05) is 13.2 Å². The first-order valence-corrected chi connectivity index (χ1v) is 8.68. The molecule has 1 aliphatic rings. The van der Waals surface area contributed by atoms with Crippen molar-refractivity contribution in [1.82, 2.24) is 5.32 Å². The minimum atomic E-state index is -0.679. The zero-order valence-corrected chi connectivity index (χ0v) is 15.9. The lowest BCUT2D eigenvalue weighted by molar-refractivity contribution is -0.139. The Morgan fingerprint density at radius 1 is 1.15 bits per heavy atom. The van der Waals surface area contributed by atoms with Crippen LogP contribution in [0.25, 0.3) is 0 Å². The van der Waals surface area contributed by atoms with Crippen LogP contribution in [0.5, 0.6) is 0 Å². The lowest BCUT2D eigenvalue weighted by Crippen LogP contribution is -2.32. The van der Waals surface area contributed by atoms with E-state index < -0.39 is 17.9 Å². The lowest BCUT2D eigenvalue weighted by atomic mass is 9.80. The summed E-state index contributed by atoms with van der Waals surface area (Å²) < 4.78 is 10.5. The smallest absolute Gasteiger partial charge is 0.337 e. The molecule has 0 bridgehead atoms. The van der Waals surface area contributed by atoms with Crippen molar-refractivity contribution in [3.05, 3.63) is 70.0 Å². The summed E-state index contributed by atoms with van der Waals surface area (Å²) in [5.41, 5.74) is 2.54. The van der Waals surface area contributed by atoms with Crippen LogP contribution in [0.2, 0.25) is 5.02 Å². The standard InChI is InChI=1S/C20H22ClNO4/c1-5-11-26-20(24)17-13(4)22-12(3)16(19(23)25-6-2)18(17)14-9-7-8-10-15(14)21/h5,7-10,18,22H,1,6,11H2,2-4H3. The number of dihydropyridines is 1. The Morgan fingerprint density at radius 3 is 2.27 bits per heavy atom. The van der Waals surface area contributed by atoms with Crippen molar-refractivity contribution in [3.8, 4) is 0 Å². The van der Waals surface area contributed by atoms with E-state index in [0.29, 0.717) is 33.1 Å². The Bertz CT molecular complexity index is 795. The number of rotatable bonds is 6. The van der Waals surface area contributed by atoms with E-state index in [-0.39, 0.29) is 13.2 Å². The normalized spacial score (nSPS) is 16.8. The summed E-state index contributed by atoms with van der Waals surface area (Å²) in [5, 5.41) is 3.54. The second-order valence-electron chi connectivity index (χ2n) is 5.76. The molecule has 5 nitrogen and oxygen atoms in total.